The van der Waals surface area contributed by atoms with Crippen LogP contribution in [0.25, 0.3) is 0 Å². The Hall–Kier alpha value is -1.81. The van der Waals surface area contributed by atoms with Crippen LogP contribution < -0.4 is 4.72 Å². The van der Waals surface area contributed by atoms with Crippen molar-refractivity contribution in [1.82, 2.24) is 9.78 Å². The van der Waals surface area contributed by atoms with Crippen LogP contribution in [-0.2, 0) is 17.1 Å². The lowest BCUT2D eigenvalue weighted by atomic mass is 10.3. The molecule has 0 radical (unpaired) electrons. The molecule has 21 heavy (non-hydrogen) atoms. The van der Waals surface area contributed by atoms with Crippen molar-refractivity contribution in [3.63, 3.8) is 0 Å². The number of nitrogens with zero attached hydrogens (tertiary/aromatic N) is 2. The summed E-state index contributed by atoms with van der Waals surface area (Å²) in [5.74, 6) is -1.83. The molecule has 0 saturated carbocycles. The minimum Gasteiger partial charge on any atom is -0.475 e. The number of furan rings is 1. The number of nitrogens with one attached hydrogen (secondary N) is 1. The van der Waals surface area contributed by atoms with E-state index in [-0.39, 0.29) is 9.56 Å². The number of aryl methyl sites for hydroxylation is 2. The summed E-state index contributed by atoms with van der Waals surface area (Å²) < 4.78 is 33.3. The van der Waals surface area contributed by atoms with Gasteiger partial charge < -0.3 is 9.52 Å². The third-order valence-electron chi connectivity index (χ3n) is 2.90. The van der Waals surface area contributed by atoms with Crippen LogP contribution in [0.4, 0.5) is 5.69 Å². The maximum Gasteiger partial charge on any atom is 0.371 e. The predicted octanol–water partition coefficient (Wildman–Crippen LogP) is 1.89. The van der Waals surface area contributed by atoms with Gasteiger partial charge in [-0.2, -0.15) is 5.10 Å². The van der Waals surface area contributed by atoms with E-state index < -0.39 is 21.8 Å². The number of sulfonamides is 1. The number of halogens is 1. The Kier molecular flexibility index (Phi) is 3.85. The number of carbonyl (C=O) groups is 1. The molecule has 10 heteroatoms. The van der Waals surface area contributed by atoms with E-state index in [2.05, 4.69) is 25.8 Å². The third kappa shape index (κ3) is 2.81. The Balaban J connectivity index is 2.46. The molecule has 0 aliphatic heterocycles. The highest BCUT2D eigenvalue weighted by molar-refractivity contribution is 9.10. The van der Waals surface area contributed by atoms with Gasteiger partial charge in [0.05, 0.1) is 17.1 Å². The van der Waals surface area contributed by atoms with Crippen LogP contribution in [0, 0.1) is 13.8 Å². The lowest BCUT2D eigenvalue weighted by molar-refractivity contribution is 0.0661. The van der Waals surface area contributed by atoms with Gasteiger partial charge in [-0.25, -0.2) is 13.2 Å². The molecular formula is C11H12BrN3O5S. The molecule has 0 bridgehead atoms. The highest BCUT2D eigenvalue weighted by atomic mass is 79.9. The summed E-state index contributed by atoms with van der Waals surface area (Å²) in [6.45, 7) is 3.38. The van der Waals surface area contributed by atoms with E-state index in [0.29, 0.717) is 17.1 Å². The number of aromatic nitrogens is 2. The molecule has 2 rings (SSSR count). The second-order valence-electron chi connectivity index (χ2n) is 4.33. The van der Waals surface area contributed by atoms with Gasteiger partial charge in [0.1, 0.15) is 4.90 Å². The first-order valence-corrected chi connectivity index (χ1v) is 7.96. The van der Waals surface area contributed by atoms with Crippen LogP contribution in [0.1, 0.15) is 21.9 Å². The van der Waals surface area contributed by atoms with Crippen LogP contribution in [0.2, 0.25) is 0 Å². The molecule has 114 valence electrons. The Morgan fingerprint density at radius 3 is 2.52 bits per heavy atom. The van der Waals surface area contributed by atoms with Crippen molar-refractivity contribution in [2.45, 2.75) is 18.7 Å². The fourth-order valence-corrected chi connectivity index (χ4v) is 3.87. The fraction of sp³-hybridized carbons (Fsp3) is 0.273. The van der Waals surface area contributed by atoms with E-state index in [1.807, 2.05) is 0 Å². The fourth-order valence-electron chi connectivity index (χ4n) is 1.75. The highest BCUT2D eigenvalue weighted by Crippen LogP contribution is 2.29. The average molecular weight is 378 g/mol. The van der Waals surface area contributed by atoms with Gasteiger partial charge in [0.2, 0.25) is 5.76 Å². The number of anilines is 1. The maximum absolute atomic E-state index is 12.3. The first-order chi connectivity index (χ1) is 9.63. The number of hydrogen-bond acceptors (Lipinski definition) is 5. The number of carboxylic acid groups (broad SMARTS) is 1. The summed E-state index contributed by atoms with van der Waals surface area (Å²) >= 11 is 2.91. The zero-order valence-corrected chi connectivity index (χ0v) is 13.7. The van der Waals surface area contributed by atoms with Gasteiger partial charge in [0.15, 0.2) is 4.67 Å². The molecule has 0 aliphatic carbocycles. The molecule has 0 amide bonds. The number of rotatable bonds is 4. The van der Waals surface area contributed by atoms with E-state index >= 15 is 0 Å². The Labute approximate surface area is 128 Å². The molecule has 2 N–H and O–H groups in total. The predicted molar refractivity (Wildman–Crippen MR) is 76.9 cm³/mol. The number of carboxylic acids is 1. The molecule has 2 aromatic rings. The van der Waals surface area contributed by atoms with Gasteiger partial charge in [-0.1, -0.05) is 0 Å². The van der Waals surface area contributed by atoms with Crippen LogP contribution in [0.5, 0.6) is 0 Å². The molecule has 0 atom stereocenters. The van der Waals surface area contributed by atoms with E-state index in [0.717, 1.165) is 6.07 Å². The maximum atomic E-state index is 12.3. The first kappa shape index (κ1) is 15.6. The molecule has 2 aromatic heterocycles. The molecule has 0 spiro atoms. The van der Waals surface area contributed by atoms with Crippen LogP contribution in [0.15, 0.2) is 20.0 Å². The Morgan fingerprint density at radius 2 is 2.10 bits per heavy atom. The van der Waals surface area contributed by atoms with Crippen molar-refractivity contribution in [3.05, 3.63) is 27.9 Å². The summed E-state index contributed by atoms with van der Waals surface area (Å²) in [5.41, 5.74) is 1.49. The molecular weight excluding hydrogens is 366 g/mol. The third-order valence-corrected chi connectivity index (χ3v) is 5.11. The van der Waals surface area contributed by atoms with Gasteiger partial charge >= 0.3 is 5.97 Å². The van der Waals surface area contributed by atoms with Gasteiger partial charge in [0, 0.05) is 13.1 Å². The quantitative estimate of drug-likeness (QED) is 0.840. The summed E-state index contributed by atoms with van der Waals surface area (Å²) in [6, 6.07) is 0.940. The van der Waals surface area contributed by atoms with E-state index in [1.54, 1.807) is 25.6 Å². The van der Waals surface area contributed by atoms with Gasteiger partial charge in [-0.3, -0.25) is 9.40 Å². The van der Waals surface area contributed by atoms with Crippen LogP contribution in [-0.4, -0.2) is 29.3 Å². The molecule has 0 aliphatic rings. The smallest absolute Gasteiger partial charge is 0.371 e. The summed E-state index contributed by atoms with van der Waals surface area (Å²) in [5, 5.41) is 12.9. The van der Waals surface area contributed by atoms with E-state index in [1.165, 1.54) is 0 Å². The molecule has 8 nitrogen and oxygen atoms in total. The molecule has 0 saturated heterocycles. The van der Waals surface area contributed by atoms with Crippen LogP contribution in [0.3, 0.4) is 0 Å². The number of aromatic carboxylic acids is 1. The molecule has 0 unspecified atom stereocenters. The second-order valence-corrected chi connectivity index (χ2v) is 6.70. The van der Waals surface area contributed by atoms with E-state index in [9.17, 15) is 13.2 Å². The molecule has 2 heterocycles. The monoisotopic (exact) mass is 377 g/mol. The van der Waals surface area contributed by atoms with Crippen molar-refractivity contribution >= 4 is 37.6 Å². The standard InChI is InChI=1S/C11H12BrN3O5S/c1-5-9(6(2)15(3)13-5)14-21(18,19)8-4-7(11(16)17)20-10(8)12/h4,14H,1-3H3,(H,16,17). The van der Waals surface area contributed by atoms with Crippen molar-refractivity contribution < 1.29 is 22.7 Å². The minimum atomic E-state index is -4.00. The van der Waals surface area contributed by atoms with Crippen molar-refractivity contribution in [3.8, 4) is 0 Å². The second kappa shape index (κ2) is 5.19. The summed E-state index contributed by atoms with van der Waals surface area (Å²) in [4.78, 5) is 10.5. The van der Waals surface area contributed by atoms with Crippen molar-refractivity contribution in [2.24, 2.45) is 7.05 Å². The summed E-state index contributed by atoms with van der Waals surface area (Å²) in [6.07, 6.45) is 0. The average Bonchev–Trinajstić information content (AvgIpc) is 2.86. The minimum absolute atomic E-state index is 0.174. The summed E-state index contributed by atoms with van der Waals surface area (Å²) in [7, 11) is -2.30. The largest absolute Gasteiger partial charge is 0.475 e. The van der Waals surface area contributed by atoms with Crippen molar-refractivity contribution in [2.75, 3.05) is 4.72 Å². The van der Waals surface area contributed by atoms with Crippen LogP contribution >= 0.6 is 15.9 Å². The highest BCUT2D eigenvalue weighted by Gasteiger charge is 2.26. The SMILES string of the molecule is Cc1nn(C)c(C)c1NS(=O)(=O)c1cc(C(=O)O)oc1Br. The van der Waals surface area contributed by atoms with Gasteiger partial charge in [-0.05, 0) is 29.8 Å². The lowest BCUT2D eigenvalue weighted by Crippen LogP contribution is -2.14. The topological polar surface area (TPSA) is 114 Å². The molecule has 0 aromatic carbocycles. The zero-order chi connectivity index (χ0) is 15.9. The van der Waals surface area contributed by atoms with Gasteiger partial charge in [0.25, 0.3) is 10.0 Å². The van der Waals surface area contributed by atoms with E-state index in [4.69, 9.17) is 9.52 Å². The zero-order valence-electron chi connectivity index (χ0n) is 11.3. The van der Waals surface area contributed by atoms with Gasteiger partial charge in [-0.15, -0.1) is 0 Å². The number of hydrogen-bond donors (Lipinski definition) is 2. The first-order valence-electron chi connectivity index (χ1n) is 5.69. The Morgan fingerprint density at radius 1 is 1.48 bits per heavy atom. The lowest BCUT2D eigenvalue weighted by Gasteiger charge is -2.06. The molecule has 0 fully saturated rings. The normalized spacial score (nSPS) is 11.6. The van der Waals surface area contributed by atoms with Crippen molar-refractivity contribution in [1.29, 1.82) is 0 Å². The Bertz CT molecular complexity index is 821.